The Morgan fingerprint density at radius 3 is 1.25 bits per heavy atom. The Bertz CT molecular complexity index is 197. The molecule has 12 heteroatoms. The highest BCUT2D eigenvalue weighted by Crippen LogP contribution is 2.11. The Morgan fingerprint density at radius 2 is 1.25 bits per heavy atom. The molecule has 0 spiro atoms. The van der Waals surface area contributed by atoms with Gasteiger partial charge in [-0.15, -0.1) is 0 Å². The summed E-state index contributed by atoms with van der Waals surface area (Å²) in [6, 6.07) is 0. The molecule has 0 saturated carbocycles. The standard InChI is InChI=1S/H3NO3S.2H3N.H3O4P/c1-5(2,3)4;;;1-5(2,3)4/h(H3,1,2,3,4);2*1H3;(H3,1,2,3,4). The molecule has 0 atom stereocenters. The summed E-state index contributed by atoms with van der Waals surface area (Å²) in [4.78, 5) is 24.3. The van der Waals surface area contributed by atoms with Crippen molar-refractivity contribution >= 4 is 18.1 Å². The summed E-state index contributed by atoms with van der Waals surface area (Å²) in [5, 5.41) is 3.88. The molecule has 0 aliphatic carbocycles. The van der Waals surface area contributed by atoms with Crippen molar-refractivity contribution in [3.63, 3.8) is 0 Å². The van der Waals surface area contributed by atoms with Gasteiger partial charge >= 0.3 is 10.3 Å². The number of rotatable bonds is 0. The zero-order valence-electron chi connectivity index (χ0n) is 6.37. The highest BCUT2D eigenvalue weighted by Gasteiger charge is 1.81. The minimum atomic E-state index is -5.14. The Hall–Kier alpha value is -0.100. The van der Waals surface area contributed by atoms with Gasteiger partial charge in [-0.1, -0.05) is 0 Å². The van der Waals surface area contributed by atoms with Crippen LogP contribution in [0.1, 0.15) is 0 Å². The number of hydrogen-bond donors (Lipinski definition) is 5. The zero-order chi connectivity index (χ0) is 9.00. The molecule has 0 aliphatic heterocycles. The monoisotopic (exact) mass is 229 g/mol. The van der Waals surface area contributed by atoms with E-state index in [9.17, 15) is 0 Å². The summed E-state index contributed by atoms with van der Waals surface area (Å²) in [6.45, 7) is 0. The van der Waals surface area contributed by atoms with Gasteiger partial charge in [0.05, 0.1) is 7.82 Å². The first-order valence-corrected chi connectivity index (χ1v) is 4.50. The number of nitrogens with two attached hydrogens (primary N) is 1. The fourth-order valence-electron chi connectivity index (χ4n) is 0. The highest BCUT2D eigenvalue weighted by molar-refractivity contribution is 7.83. The van der Waals surface area contributed by atoms with E-state index in [4.69, 9.17) is 32.2 Å². The second-order valence-corrected chi connectivity index (χ2v) is 2.95. The Kier molecular flexibility index (Phi) is 14.2. The first kappa shape index (κ1) is 22.7. The average Bonchev–Trinajstić information content (AvgIpc) is 1.12. The van der Waals surface area contributed by atoms with E-state index < -0.39 is 18.1 Å². The Morgan fingerprint density at radius 1 is 1.25 bits per heavy atom. The van der Waals surface area contributed by atoms with E-state index in [1.54, 1.807) is 0 Å². The predicted octanol–water partition coefficient (Wildman–Crippen LogP) is -2.69. The third kappa shape index (κ3) is 78400. The quantitative estimate of drug-likeness (QED) is 0.217. The zero-order valence-corrected chi connectivity index (χ0v) is 8.08. The lowest BCUT2D eigenvalue weighted by atomic mass is 13.9. The van der Waals surface area contributed by atoms with Crippen LogP contribution in [0.2, 0.25) is 0 Å². The van der Waals surface area contributed by atoms with E-state index in [2.05, 4.69) is 5.14 Å². The highest BCUT2D eigenvalue weighted by atomic mass is 32.2. The molecular weight excluding hydrogens is 217 g/mol. The van der Waals surface area contributed by atoms with Crippen molar-refractivity contribution in [2.45, 2.75) is 0 Å². The van der Waals surface area contributed by atoms with E-state index in [0.717, 1.165) is 0 Å². The fourth-order valence-corrected chi connectivity index (χ4v) is 0. The lowest BCUT2D eigenvalue weighted by molar-refractivity contribution is -0.337. The van der Waals surface area contributed by atoms with Gasteiger partial charge in [0.1, 0.15) is 0 Å². The molecule has 0 fully saturated rings. The third-order valence-corrected chi connectivity index (χ3v) is 0. The molecule has 0 bridgehead atoms. The summed E-state index contributed by atoms with van der Waals surface area (Å²) < 4.78 is 33.9. The summed E-state index contributed by atoms with van der Waals surface area (Å²) in [5.74, 6) is 0. The van der Waals surface area contributed by atoms with E-state index in [1.165, 1.54) is 0 Å². The van der Waals surface area contributed by atoms with Crippen LogP contribution < -0.4 is 27.2 Å². The first-order chi connectivity index (χ1) is 4.00. The Labute approximate surface area is 68.7 Å². The van der Waals surface area contributed by atoms with Crippen LogP contribution in [0, 0.1) is 0 Å². The molecular formula is H12N3O7PS. The SMILES string of the molecule is NS(=O)(=O)O.O=P([O-])([O-])O.[NH4+].[NH4+]. The van der Waals surface area contributed by atoms with Crippen molar-refractivity contribution in [3.8, 4) is 0 Å². The van der Waals surface area contributed by atoms with Gasteiger partial charge in [0.25, 0.3) is 0 Å². The molecule has 0 aliphatic rings. The number of quaternary nitrogens is 2. The van der Waals surface area contributed by atoms with Gasteiger partial charge in [-0.25, -0.2) is 5.14 Å². The van der Waals surface area contributed by atoms with E-state index in [-0.39, 0.29) is 12.3 Å². The molecule has 0 aromatic rings. The van der Waals surface area contributed by atoms with Crippen molar-refractivity contribution < 1.29 is 32.2 Å². The molecule has 0 radical (unpaired) electrons. The molecule has 0 amide bonds. The molecule has 0 aromatic heterocycles. The molecule has 12 N–H and O–H groups in total. The first-order valence-electron chi connectivity index (χ1n) is 1.50. The van der Waals surface area contributed by atoms with Crippen LogP contribution in [-0.4, -0.2) is 17.9 Å². The minimum Gasteiger partial charge on any atom is -0.790 e. The predicted molar refractivity (Wildman–Crippen MR) is 37.5 cm³/mol. The lowest BCUT2D eigenvalue weighted by Gasteiger charge is -2.19. The molecule has 0 rings (SSSR count). The maximum atomic E-state index is 8.97. The summed E-state index contributed by atoms with van der Waals surface area (Å²) in [5.41, 5.74) is 0. The van der Waals surface area contributed by atoms with Crippen LogP contribution in [0.3, 0.4) is 0 Å². The van der Waals surface area contributed by atoms with E-state index in [1.807, 2.05) is 0 Å². The fraction of sp³-hybridized carbons (Fsp3) is 0. The number of hydrogen-bond acceptors (Lipinski definition) is 5. The second-order valence-electron chi connectivity index (χ2n) is 0.984. The van der Waals surface area contributed by atoms with Gasteiger partial charge in [0.2, 0.25) is 0 Å². The smallest absolute Gasteiger partial charge is 0.330 e. The van der Waals surface area contributed by atoms with Crippen molar-refractivity contribution in [1.82, 2.24) is 12.3 Å². The molecule has 0 heterocycles. The van der Waals surface area contributed by atoms with Crippen molar-refractivity contribution in [2.24, 2.45) is 5.14 Å². The molecule has 80 valence electrons. The van der Waals surface area contributed by atoms with Crippen molar-refractivity contribution in [3.05, 3.63) is 0 Å². The summed E-state index contributed by atoms with van der Waals surface area (Å²) in [6.07, 6.45) is 0. The van der Waals surface area contributed by atoms with Gasteiger partial charge < -0.3 is 31.5 Å². The molecule has 0 unspecified atom stereocenters. The van der Waals surface area contributed by atoms with Crippen LogP contribution >= 0.6 is 7.82 Å². The maximum absolute atomic E-state index is 8.97. The molecule has 0 saturated heterocycles. The van der Waals surface area contributed by atoms with Gasteiger partial charge in [0, 0.05) is 0 Å². The topological polar surface area (TPSA) is 237 Å². The van der Waals surface area contributed by atoms with Crippen LogP contribution in [-0.2, 0) is 14.9 Å². The van der Waals surface area contributed by atoms with Crippen LogP contribution in [0.25, 0.3) is 0 Å². The van der Waals surface area contributed by atoms with Gasteiger partial charge in [-0.05, 0) is 0 Å². The van der Waals surface area contributed by atoms with E-state index >= 15 is 0 Å². The van der Waals surface area contributed by atoms with Gasteiger partial charge in [-0.2, -0.15) is 8.42 Å². The summed E-state index contributed by atoms with van der Waals surface area (Å²) in [7, 11) is -9.31. The molecule has 12 heavy (non-hydrogen) atoms. The van der Waals surface area contributed by atoms with Gasteiger partial charge in [0.15, 0.2) is 0 Å². The van der Waals surface area contributed by atoms with E-state index in [0.29, 0.717) is 0 Å². The number of phosphoric acid groups is 1. The van der Waals surface area contributed by atoms with Crippen LogP contribution in [0.4, 0.5) is 0 Å². The lowest BCUT2D eigenvalue weighted by Crippen LogP contribution is -2.11. The van der Waals surface area contributed by atoms with Crippen LogP contribution in [0.15, 0.2) is 0 Å². The Balaban J connectivity index is -0.0000000457. The molecule has 0 aromatic carbocycles. The van der Waals surface area contributed by atoms with Crippen molar-refractivity contribution in [2.75, 3.05) is 0 Å². The van der Waals surface area contributed by atoms with Crippen LogP contribution in [0.5, 0.6) is 0 Å². The largest absolute Gasteiger partial charge is 0.790 e. The minimum absolute atomic E-state index is 0. The third-order valence-electron chi connectivity index (χ3n) is 0. The normalized spacial score (nSPS) is 9.75. The maximum Gasteiger partial charge on any atom is 0.330 e. The summed E-state index contributed by atoms with van der Waals surface area (Å²) >= 11 is 0. The van der Waals surface area contributed by atoms with Gasteiger partial charge in [-0.3, -0.25) is 4.55 Å². The van der Waals surface area contributed by atoms with Crippen molar-refractivity contribution in [1.29, 1.82) is 0 Å². The second kappa shape index (κ2) is 7.54. The average molecular weight is 229 g/mol. The molecule has 10 nitrogen and oxygen atoms in total.